The van der Waals surface area contributed by atoms with Crippen LogP contribution in [0.5, 0.6) is 0 Å². The molecule has 0 bridgehead atoms. The number of halogens is 4. The molecule has 1 aromatic heterocycles. The third-order valence-electron chi connectivity index (χ3n) is 2.85. The van der Waals surface area contributed by atoms with Gasteiger partial charge in [-0.2, -0.15) is 0 Å². The first-order chi connectivity index (χ1) is 9.47. The summed E-state index contributed by atoms with van der Waals surface area (Å²) in [5, 5.41) is 0. The van der Waals surface area contributed by atoms with Gasteiger partial charge >= 0.3 is 0 Å². The molecule has 0 saturated heterocycles. The maximum Gasteiger partial charge on any atom is 0.182 e. The molecule has 0 radical (unpaired) electrons. The van der Waals surface area contributed by atoms with E-state index in [0.29, 0.717) is 11.0 Å². The van der Waals surface area contributed by atoms with Crippen LogP contribution < -0.4 is 0 Å². The van der Waals surface area contributed by atoms with Crippen LogP contribution in [-0.4, -0.2) is 9.55 Å². The molecule has 1 heterocycles. The number of nitrogens with one attached hydrogen (secondary N) is 1. The van der Waals surface area contributed by atoms with Gasteiger partial charge in [0.2, 0.25) is 0 Å². The van der Waals surface area contributed by atoms with E-state index in [9.17, 15) is 13.2 Å². The maximum atomic E-state index is 14.0. The smallest absolute Gasteiger partial charge is 0.182 e. The van der Waals surface area contributed by atoms with E-state index < -0.39 is 17.5 Å². The average Bonchev–Trinajstić information content (AvgIpc) is 2.64. The molecule has 3 rings (SSSR count). The van der Waals surface area contributed by atoms with Crippen molar-refractivity contribution in [2.75, 3.05) is 0 Å². The van der Waals surface area contributed by atoms with Gasteiger partial charge in [-0.1, -0.05) is 15.9 Å². The van der Waals surface area contributed by atoms with Gasteiger partial charge in [-0.05, 0) is 42.5 Å². The van der Waals surface area contributed by atoms with Gasteiger partial charge < -0.3 is 4.98 Å². The number of H-pyrrole nitrogens is 1. The third-order valence-corrected chi connectivity index (χ3v) is 3.59. The molecule has 1 N–H and O–H groups in total. The molecular weight excluding hydrogens is 353 g/mol. The molecular formula is C13H6BrF3N2S. The minimum absolute atomic E-state index is 0.0886. The van der Waals surface area contributed by atoms with Crippen molar-refractivity contribution < 1.29 is 13.2 Å². The van der Waals surface area contributed by atoms with Gasteiger partial charge in [0.25, 0.3) is 0 Å². The van der Waals surface area contributed by atoms with E-state index in [1.165, 1.54) is 22.8 Å². The molecule has 2 nitrogen and oxygen atoms in total. The molecule has 3 aromatic rings. The molecule has 0 aliphatic carbocycles. The lowest BCUT2D eigenvalue weighted by Crippen LogP contribution is -2.02. The number of aromatic amines is 1. The van der Waals surface area contributed by atoms with Crippen molar-refractivity contribution in [2.45, 2.75) is 0 Å². The zero-order valence-corrected chi connectivity index (χ0v) is 12.2. The van der Waals surface area contributed by atoms with Gasteiger partial charge in [0.15, 0.2) is 16.4 Å². The molecule has 0 unspecified atom stereocenters. The van der Waals surface area contributed by atoms with E-state index in [4.69, 9.17) is 12.2 Å². The molecule has 2 aromatic carbocycles. The molecule has 20 heavy (non-hydrogen) atoms. The van der Waals surface area contributed by atoms with E-state index in [1.54, 1.807) is 0 Å². The zero-order valence-electron chi connectivity index (χ0n) is 9.75. The summed E-state index contributed by atoms with van der Waals surface area (Å²) in [6, 6.07) is 6.12. The van der Waals surface area contributed by atoms with Gasteiger partial charge in [-0.3, -0.25) is 4.57 Å². The highest BCUT2D eigenvalue weighted by Crippen LogP contribution is 2.27. The zero-order chi connectivity index (χ0) is 14.4. The molecule has 0 amide bonds. The minimum atomic E-state index is -0.766. The van der Waals surface area contributed by atoms with Crippen LogP contribution in [0.15, 0.2) is 34.8 Å². The predicted molar refractivity (Wildman–Crippen MR) is 76.0 cm³/mol. The number of fused-ring (bicyclic) bond motifs is 1. The van der Waals surface area contributed by atoms with E-state index >= 15 is 0 Å². The van der Waals surface area contributed by atoms with E-state index in [1.807, 2.05) is 0 Å². The van der Waals surface area contributed by atoms with Crippen LogP contribution in [0.4, 0.5) is 13.2 Å². The molecule has 0 atom stereocenters. The number of rotatable bonds is 1. The Morgan fingerprint density at radius 2 is 1.70 bits per heavy atom. The number of hydrogen-bond donors (Lipinski definition) is 1. The van der Waals surface area contributed by atoms with Crippen molar-refractivity contribution in [3.05, 3.63) is 57.0 Å². The van der Waals surface area contributed by atoms with Crippen LogP contribution >= 0.6 is 28.1 Å². The first kappa shape index (κ1) is 13.4. The lowest BCUT2D eigenvalue weighted by molar-refractivity contribution is 0.569. The number of nitrogens with zero attached hydrogens (tertiary/aromatic N) is 1. The molecule has 0 saturated carbocycles. The van der Waals surface area contributed by atoms with Gasteiger partial charge in [-0.15, -0.1) is 0 Å². The lowest BCUT2D eigenvalue weighted by atomic mass is 10.2. The van der Waals surface area contributed by atoms with Gasteiger partial charge in [0.1, 0.15) is 11.5 Å². The summed E-state index contributed by atoms with van der Waals surface area (Å²) in [7, 11) is 0. The molecule has 0 spiro atoms. The fourth-order valence-corrected chi connectivity index (χ4v) is 2.76. The van der Waals surface area contributed by atoms with Gasteiger partial charge in [0.05, 0.1) is 11.0 Å². The monoisotopic (exact) mass is 358 g/mol. The van der Waals surface area contributed by atoms with Crippen molar-refractivity contribution in [3.63, 3.8) is 0 Å². The highest BCUT2D eigenvalue weighted by atomic mass is 79.9. The second-order valence-corrected chi connectivity index (χ2v) is 5.45. The Kier molecular flexibility index (Phi) is 3.18. The van der Waals surface area contributed by atoms with Crippen molar-refractivity contribution in [2.24, 2.45) is 0 Å². The minimum Gasteiger partial charge on any atom is -0.330 e. The summed E-state index contributed by atoms with van der Waals surface area (Å²) in [6.07, 6.45) is 0. The SMILES string of the molecule is Fc1ccc2c(c1)[nH]c(=S)n2-c1c(F)cc(Br)cc1F. The summed E-state index contributed by atoms with van der Waals surface area (Å²) in [5.41, 5.74) is 0.476. The second-order valence-electron chi connectivity index (χ2n) is 4.15. The Balaban J connectivity index is 2.41. The number of imidazole rings is 1. The number of benzene rings is 2. The van der Waals surface area contributed by atoms with Crippen molar-refractivity contribution in [1.82, 2.24) is 9.55 Å². The Bertz CT molecular complexity index is 862. The van der Waals surface area contributed by atoms with Crippen LogP contribution in [0.25, 0.3) is 16.7 Å². The number of aromatic nitrogens is 2. The normalized spacial score (nSPS) is 11.2. The van der Waals surface area contributed by atoms with Crippen LogP contribution in [0.2, 0.25) is 0 Å². The second kappa shape index (κ2) is 4.75. The topological polar surface area (TPSA) is 20.7 Å². The number of hydrogen-bond acceptors (Lipinski definition) is 1. The largest absolute Gasteiger partial charge is 0.330 e. The van der Waals surface area contributed by atoms with Gasteiger partial charge in [0, 0.05) is 4.47 Å². The predicted octanol–water partition coefficient (Wildman–Crippen LogP) is 4.87. The fraction of sp³-hybridized carbons (Fsp3) is 0. The van der Waals surface area contributed by atoms with E-state index in [2.05, 4.69) is 20.9 Å². The van der Waals surface area contributed by atoms with Crippen LogP contribution in [0.1, 0.15) is 0 Å². The summed E-state index contributed by atoms with van der Waals surface area (Å²) in [4.78, 5) is 2.73. The Labute approximate surface area is 125 Å². The Hall–Kier alpha value is -1.60. The first-order valence-electron chi connectivity index (χ1n) is 5.52. The van der Waals surface area contributed by atoms with Crippen molar-refractivity contribution in [1.29, 1.82) is 0 Å². The standard InChI is InChI=1S/C13H6BrF3N2S/c14-6-3-8(16)12(9(17)4-6)19-11-2-1-7(15)5-10(11)18-13(19)20/h1-5H,(H,18,20). The Morgan fingerprint density at radius 1 is 1.05 bits per heavy atom. The van der Waals surface area contributed by atoms with Crippen LogP contribution in [-0.2, 0) is 0 Å². The van der Waals surface area contributed by atoms with Gasteiger partial charge in [-0.25, -0.2) is 13.2 Å². The first-order valence-corrected chi connectivity index (χ1v) is 6.72. The summed E-state index contributed by atoms with van der Waals surface area (Å²) in [6.45, 7) is 0. The average molecular weight is 359 g/mol. The quantitative estimate of drug-likeness (QED) is 0.615. The lowest BCUT2D eigenvalue weighted by Gasteiger charge is -2.08. The molecule has 102 valence electrons. The van der Waals surface area contributed by atoms with Crippen LogP contribution in [0, 0.1) is 22.2 Å². The summed E-state index contributed by atoms with van der Waals surface area (Å²) < 4.78 is 42.8. The molecule has 0 aliphatic rings. The van der Waals surface area contributed by atoms with Crippen LogP contribution in [0.3, 0.4) is 0 Å². The molecule has 7 heteroatoms. The third kappa shape index (κ3) is 2.06. The van der Waals surface area contributed by atoms with E-state index in [-0.39, 0.29) is 14.9 Å². The molecule has 0 aliphatic heterocycles. The van der Waals surface area contributed by atoms with Crippen molar-refractivity contribution in [3.8, 4) is 5.69 Å². The van der Waals surface area contributed by atoms with Crippen molar-refractivity contribution >= 4 is 39.2 Å². The summed E-state index contributed by atoms with van der Waals surface area (Å²) >= 11 is 8.09. The highest BCUT2D eigenvalue weighted by Gasteiger charge is 2.16. The fourth-order valence-electron chi connectivity index (χ4n) is 2.05. The Morgan fingerprint density at radius 3 is 2.35 bits per heavy atom. The molecule has 0 fully saturated rings. The van der Waals surface area contributed by atoms with E-state index in [0.717, 1.165) is 12.1 Å². The maximum absolute atomic E-state index is 14.0. The summed E-state index contributed by atoms with van der Waals surface area (Å²) in [5.74, 6) is -1.99. The highest BCUT2D eigenvalue weighted by molar-refractivity contribution is 9.10.